The van der Waals surface area contributed by atoms with Gasteiger partial charge in [0.1, 0.15) is 5.82 Å². The molecular formula is C11H14FNO. The van der Waals surface area contributed by atoms with E-state index in [9.17, 15) is 4.39 Å². The Kier molecular flexibility index (Phi) is 3.80. The summed E-state index contributed by atoms with van der Waals surface area (Å²) in [4.78, 5) is 0. The summed E-state index contributed by atoms with van der Waals surface area (Å²) in [6.07, 6.45) is 2.17. The third kappa shape index (κ3) is 2.40. The summed E-state index contributed by atoms with van der Waals surface area (Å²) < 4.78 is 13.3. The van der Waals surface area contributed by atoms with E-state index in [0.29, 0.717) is 17.5 Å². The molecule has 0 bridgehead atoms. The first-order valence-electron chi connectivity index (χ1n) is 4.44. The Morgan fingerprint density at radius 2 is 2.29 bits per heavy atom. The fourth-order valence-electron chi connectivity index (χ4n) is 1.28. The number of hydrogen-bond acceptors (Lipinski definition) is 2. The standard InChI is InChI=1S/C11H14FNO/c1-2-3-11(13)9-6-8(7-14)4-5-10(9)12/h2,4-6,11,14H,1,3,7,13H2/t11-/m1/s1. The highest BCUT2D eigenvalue weighted by atomic mass is 19.1. The SMILES string of the molecule is C=CC[C@@H](N)c1cc(CO)ccc1F. The van der Waals surface area contributed by atoms with E-state index in [1.807, 2.05) is 0 Å². The predicted octanol–water partition coefficient (Wildman–Crippen LogP) is 1.89. The molecule has 0 aliphatic carbocycles. The molecule has 0 aromatic heterocycles. The number of aliphatic hydroxyl groups is 1. The molecule has 0 radical (unpaired) electrons. The Morgan fingerprint density at radius 3 is 2.86 bits per heavy atom. The Morgan fingerprint density at radius 1 is 1.57 bits per heavy atom. The molecule has 0 unspecified atom stereocenters. The van der Waals surface area contributed by atoms with Gasteiger partial charge in [-0.1, -0.05) is 12.1 Å². The van der Waals surface area contributed by atoms with Crippen LogP contribution < -0.4 is 5.73 Å². The molecule has 0 saturated carbocycles. The van der Waals surface area contributed by atoms with Gasteiger partial charge in [0.2, 0.25) is 0 Å². The molecule has 3 N–H and O–H groups in total. The fraction of sp³-hybridized carbons (Fsp3) is 0.273. The zero-order valence-electron chi connectivity index (χ0n) is 7.91. The highest BCUT2D eigenvalue weighted by Crippen LogP contribution is 2.19. The maximum Gasteiger partial charge on any atom is 0.128 e. The lowest BCUT2D eigenvalue weighted by atomic mass is 10.0. The van der Waals surface area contributed by atoms with Crippen LogP contribution in [0.5, 0.6) is 0 Å². The lowest BCUT2D eigenvalue weighted by Gasteiger charge is -2.11. The number of halogens is 1. The summed E-state index contributed by atoms with van der Waals surface area (Å²) in [6.45, 7) is 3.44. The van der Waals surface area contributed by atoms with Gasteiger partial charge in [0.15, 0.2) is 0 Å². The second kappa shape index (κ2) is 4.88. The molecular weight excluding hydrogens is 181 g/mol. The first-order chi connectivity index (χ1) is 6.69. The summed E-state index contributed by atoms with van der Waals surface area (Å²) in [7, 11) is 0. The summed E-state index contributed by atoms with van der Waals surface area (Å²) >= 11 is 0. The largest absolute Gasteiger partial charge is 0.392 e. The van der Waals surface area contributed by atoms with Gasteiger partial charge in [0, 0.05) is 11.6 Å². The van der Waals surface area contributed by atoms with Crippen molar-refractivity contribution in [3.05, 3.63) is 47.8 Å². The Hall–Kier alpha value is -1.19. The smallest absolute Gasteiger partial charge is 0.128 e. The van der Waals surface area contributed by atoms with Crippen LogP contribution in [0.3, 0.4) is 0 Å². The molecule has 0 aliphatic rings. The molecule has 1 atom stereocenters. The summed E-state index contributed by atoms with van der Waals surface area (Å²) in [5.41, 5.74) is 6.83. The molecule has 2 nitrogen and oxygen atoms in total. The molecule has 0 amide bonds. The van der Waals surface area contributed by atoms with E-state index in [-0.39, 0.29) is 18.5 Å². The zero-order chi connectivity index (χ0) is 10.6. The Balaban J connectivity index is 2.98. The van der Waals surface area contributed by atoms with Crippen LogP contribution in [0.15, 0.2) is 30.9 Å². The average molecular weight is 195 g/mol. The molecule has 1 aromatic carbocycles. The van der Waals surface area contributed by atoms with Crippen LogP contribution in [0.25, 0.3) is 0 Å². The maximum absolute atomic E-state index is 13.3. The van der Waals surface area contributed by atoms with Crippen molar-refractivity contribution < 1.29 is 9.50 Å². The normalized spacial score (nSPS) is 12.5. The van der Waals surface area contributed by atoms with Crippen molar-refractivity contribution in [2.45, 2.75) is 19.1 Å². The number of aliphatic hydroxyl groups excluding tert-OH is 1. The molecule has 1 aromatic rings. The summed E-state index contributed by atoms with van der Waals surface area (Å²) in [6, 6.07) is 4.06. The number of hydrogen-bond donors (Lipinski definition) is 2. The minimum atomic E-state index is -0.390. The lowest BCUT2D eigenvalue weighted by Crippen LogP contribution is -2.11. The van der Waals surface area contributed by atoms with E-state index in [2.05, 4.69) is 6.58 Å². The highest BCUT2D eigenvalue weighted by molar-refractivity contribution is 5.27. The van der Waals surface area contributed by atoms with Gasteiger partial charge in [0.25, 0.3) is 0 Å². The van der Waals surface area contributed by atoms with Gasteiger partial charge in [0.05, 0.1) is 6.61 Å². The highest BCUT2D eigenvalue weighted by Gasteiger charge is 2.10. The first-order valence-corrected chi connectivity index (χ1v) is 4.44. The van der Waals surface area contributed by atoms with Gasteiger partial charge < -0.3 is 10.8 Å². The first kappa shape index (κ1) is 10.9. The van der Waals surface area contributed by atoms with Gasteiger partial charge in [-0.05, 0) is 24.1 Å². The number of rotatable bonds is 4. The van der Waals surface area contributed by atoms with E-state index in [0.717, 1.165) is 0 Å². The second-order valence-electron chi connectivity index (χ2n) is 3.14. The quantitative estimate of drug-likeness (QED) is 0.721. The van der Waals surface area contributed by atoms with Crippen LogP contribution in [-0.4, -0.2) is 5.11 Å². The van der Waals surface area contributed by atoms with Crippen molar-refractivity contribution in [3.63, 3.8) is 0 Å². The van der Waals surface area contributed by atoms with Crippen LogP contribution in [0.2, 0.25) is 0 Å². The molecule has 0 heterocycles. The van der Waals surface area contributed by atoms with Crippen molar-refractivity contribution in [1.29, 1.82) is 0 Å². The molecule has 14 heavy (non-hydrogen) atoms. The van der Waals surface area contributed by atoms with Crippen molar-refractivity contribution in [2.24, 2.45) is 5.73 Å². The van der Waals surface area contributed by atoms with Gasteiger partial charge >= 0.3 is 0 Å². The van der Waals surface area contributed by atoms with Crippen molar-refractivity contribution in [2.75, 3.05) is 0 Å². The molecule has 76 valence electrons. The molecule has 1 rings (SSSR count). The van der Waals surface area contributed by atoms with E-state index >= 15 is 0 Å². The zero-order valence-corrected chi connectivity index (χ0v) is 7.91. The third-order valence-corrected chi connectivity index (χ3v) is 2.06. The molecule has 0 spiro atoms. The fourth-order valence-corrected chi connectivity index (χ4v) is 1.28. The lowest BCUT2D eigenvalue weighted by molar-refractivity contribution is 0.281. The topological polar surface area (TPSA) is 46.2 Å². The Labute approximate surface area is 82.9 Å². The molecule has 0 fully saturated rings. The van der Waals surface area contributed by atoms with Crippen LogP contribution in [0, 0.1) is 5.82 Å². The third-order valence-electron chi connectivity index (χ3n) is 2.06. The monoisotopic (exact) mass is 195 g/mol. The van der Waals surface area contributed by atoms with Crippen molar-refractivity contribution >= 4 is 0 Å². The van der Waals surface area contributed by atoms with Gasteiger partial charge in [-0.2, -0.15) is 0 Å². The van der Waals surface area contributed by atoms with Crippen molar-refractivity contribution in [3.8, 4) is 0 Å². The van der Waals surface area contributed by atoms with E-state index in [1.165, 1.54) is 6.07 Å². The van der Waals surface area contributed by atoms with Crippen LogP contribution in [0.4, 0.5) is 4.39 Å². The minimum Gasteiger partial charge on any atom is -0.392 e. The van der Waals surface area contributed by atoms with Gasteiger partial charge in [-0.25, -0.2) is 4.39 Å². The molecule has 3 heteroatoms. The Bertz CT molecular complexity index is 325. The molecule has 0 saturated heterocycles. The number of nitrogens with two attached hydrogens (primary N) is 1. The van der Waals surface area contributed by atoms with Gasteiger partial charge in [-0.15, -0.1) is 6.58 Å². The van der Waals surface area contributed by atoms with Crippen LogP contribution >= 0.6 is 0 Å². The minimum absolute atomic E-state index is 0.103. The van der Waals surface area contributed by atoms with Crippen LogP contribution in [-0.2, 0) is 6.61 Å². The second-order valence-corrected chi connectivity index (χ2v) is 3.14. The van der Waals surface area contributed by atoms with E-state index in [1.54, 1.807) is 18.2 Å². The summed E-state index contributed by atoms with van der Waals surface area (Å²) in [5.74, 6) is -0.337. The van der Waals surface area contributed by atoms with Crippen molar-refractivity contribution in [1.82, 2.24) is 0 Å². The maximum atomic E-state index is 13.3. The summed E-state index contributed by atoms with van der Waals surface area (Å²) in [5, 5.41) is 8.88. The van der Waals surface area contributed by atoms with Crippen LogP contribution in [0.1, 0.15) is 23.6 Å². The number of benzene rings is 1. The van der Waals surface area contributed by atoms with E-state index < -0.39 is 0 Å². The van der Waals surface area contributed by atoms with Gasteiger partial charge in [-0.3, -0.25) is 0 Å². The molecule has 0 aliphatic heterocycles. The van der Waals surface area contributed by atoms with E-state index in [4.69, 9.17) is 10.8 Å². The predicted molar refractivity (Wildman–Crippen MR) is 54.1 cm³/mol. The average Bonchev–Trinajstić information content (AvgIpc) is 2.19.